The molecule has 2 aromatic heterocycles. The van der Waals surface area contributed by atoms with Gasteiger partial charge in [0.15, 0.2) is 15.7 Å². The molecule has 2 unspecified atom stereocenters. The molecule has 2 N–H and O–H groups in total. The molecule has 2 atom stereocenters. The Morgan fingerprint density at radius 3 is 2.60 bits per heavy atom. The number of amides is 2. The van der Waals surface area contributed by atoms with Crippen LogP contribution in [-0.4, -0.2) is 66.3 Å². The SMILES string of the molecule is CN1C(=O)C2c3c1cccc3N(c1ncccc1S(C)(=O)=O)CCC2NC(=O)c1nnc(Cc2ccccc2)[nH]1. The minimum absolute atomic E-state index is 0.0587. The van der Waals surface area contributed by atoms with E-state index in [-0.39, 0.29) is 22.4 Å². The van der Waals surface area contributed by atoms with Gasteiger partial charge >= 0.3 is 0 Å². The van der Waals surface area contributed by atoms with Crippen LogP contribution in [0.15, 0.2) is 71.8 Å². The van der Waals surface area contributed by atoms with E-state index in [9.17, 15) is 18.0 Å². The smallest absolute Gasteiger partial charge is 0.289 e. The molecule has 0 radical (unpaired) electrons. The molecule has 2 aromatic carbocycles. The van der Waals surface area contributed by atoms with Gasteiger partial charge < -0.3 is 20.1 Å². The van der Waals surface area contributed by atoms with Crippen molar-refractivity contribution in [2.75, 3.05) is 29.6 Å². The van der Waals surface area contributed by atoms with Gasteiger partial charge in [-0.3, -0.25) is 9.59 Å². The molecule has 2 aliphatic heterocycles. The van der Waals surface area contributed by atoms with Crippen LogP contribution in [0.3, 0.4) is 0 Å². The average Bonchev–Trinajstić information content (AvgIpc) is 3.46. The predicted octanol–water partition coefficient (Wildman–Crippen LogP) is 2.59. The van der Waals surface area contributed by atoms with Crippen molar-refractivity contribution < 1.29 is 18.0 Å². The van der Waals surface area contributed by atoms with Crippen LogP contribution >= 0.6 is 0 Å². The lowest BCUT2D eigenvalue weighted by atomic mass is 9.90. The highest BCUT2D eigenvalue weighted by atomic mass is 32.2. The number of anilines is 3. The fourth-order valence-electron chi connectivity index (χ4n) is 5.52. The van der Waals surface area contributed by atoms with Crippen molar-refractivity contribution in [2.24, 2.45) is 0 Å². The lowest BCUT2D eigenvalue weighted by molar-refractivity contribution is -0.119. The molecule has 204 valence electrons. The second kappa shape index (κ2) is 9.87. The first kappa shape index (κ1) is 25.7. The first-order valence-corrected chi connectivity index (χ1v) is 14.7. The van der Waals surface area contributed by atoms with Crippen LogP contribution in [0.2, 0.25) is 0 Å². The molecule has 2 amide bonds. The quantitative estimate of drug-likeness (QED) is 0.369. The monoisotopic (exact) mass is 557 g/mol. The van der Waals surface area contributed by atoms with Crippen molar-refractivity contribution in [3.63, 3.8) is 0 Å². The molecule has 0 bridgehead atoms. The van der Waals surface area contributed by atoms with E-state index < -0.39 is 27.7 Å². The van der Waals surface area contributed by atoms with Crippen molar-refractivity contribution >= 4 is 38.8 Å². The number of aromatic nitrogens is 4. The van der Waals surface area contributed by atoms with Gasteiger partial charge in [0.2, 0.25) is 11.7 Å². The molecule has 12 heteroatoms. The maximum atomic E-state index is 13.5. The Morgan fingerprint density at radius 1 is 1.05 bits per heavy atom. The average molecular weight is 558 g/mol. The summed E-state index contributed by atoms with van der Waals surface area (Å²) in [5, 5.41) is 11.2. The molecule has 0 saturated carbocycles. The van der Waals surface area contributed by atoms with Crippen LogP contribution in [0.1, 0.15) is 39.9 Å². The predicted molar refractivity (Wildman–Crippen MR) is 148 cm³/mol. The highest BCUT2D eigenvalue weighted by Crippen LogP contribution is 2.48. The summed E-state index contributed by atoms with van der Waals surface area (Å²) in [4.78, 5) is 37.8. The minimum atomic E-state index is -3.59. The second-order valence-corrected chi connectivity index (χ2v) is 12.0. The maximum absolute atomic E-state index is 13.5. The Morgan fingerprint density at radius 2 is 1.82 bits per heavy atom. The summed E-state index contributed by atoms with van der Waals surface area (Å²) in [6.07, 6.45) is 3.54. The van der Waals surface area contributed by atoms with Crippen molar-refractivity contribution in [1.82, 2.24) is 25.5 Å². The molecule has 6 rings (SSSR count). The highest BCUT2D eigenvalue weighted by molar-refractivity contribution is 7.90. The third-order valence-electron chi connectivity index (χ3n) is 7.37. The number of pyridine rings is 1. The van der Waals surface area contributed by atoms with Gasteiger partial charge in [0.25, 0.3) is 5.91 Å². The molecular weight excluding hydrogens is 530 g/mol. The van der Waals surface area contributed by atoms with Gasteiger partial charge in [-0.15, -0.1) is 10.2 Å². The molecule has 0 spiro atoms. The Bertz CT molecular complexity index is 1720. The van der Waals surface area contributed by atoms with E-state index in [0.717, 1.165) is 17.4 Å². The number of rotatable bonds is 6. The Hall–Kier alpha value is -4.58. The standard InChI is InChI=1S/C28H27N7O4S/c1-34-19-10-6-11-20-24(19)23(28(34)37)18(13-15-35(20)26-21(40(2,38)39)12-7-14-29-26)30-27(36)25-31-22(32-33-25)16-17-8-4-3-5-9-17/h3-12,14,18,23H,13,15-16H2,1-2H3,(H,30,36)(H,31,32,33). The summed E-state index contributed by atoms with van der Waals surface area (Å²) in [5.41, 5.74) is 3.15. The van der Waals surface area contributed by atoms with Crippen LogP contribution in [0.25, 0.3) is 0 Å². The number of hydrogen-bond acceptors (Lipinski definition) is 8. The Kier molecular flexibility index (Phi) is 6.34. The van der Waals surface area contributed by atoms with Gasteiger partial charge in [0.1, 0.15) is 10.7 Å². The van der Waals surface area contributed by atoms with E-state index in [1.807, 2.05) is 53.4 Å². The van der Waals surface area contributed by atoms with Gasteiger partial charge in [-0.25, -0.2) is 13.4 Å². The van der Waals surface area contributed by atoms with Crippen LogP contribution in [0.4, 0.5) is 17.2 Å². The van der Waals surface area contributed by atoms with E-state index in [1.54, 1.807) is 24.2 Å². The minimum Gasteiger partial charge on any atom is -0.345 e. The summed E-state index contributed by atoms with van der Waals surface area (Å²) in [6.45, 7) is 0.324. The number of H-pyrrole nitrogens is 1. The molecule has 0 fully saturated rings. The van der Waals surface area contributed by atoms with Crippen molar-refractivity contribution in [3.05, 3.63) is 89.6 Å². The molecule has 4 aromatic rings. The number of aromatic amines is 1. The number of hydrogen-bond donors (Lipinski definition) is 2. The summed E-state index contributed by atoms with van der Waals surface area (Å²) < 4.78 is 25.2. The highest BCUT2D eigenvalue weighted by Gasteiger charge is 2.46. The van der Waals surface area contributed by atoms with Gasteiger partial charge in [0, 0.05) is 55.4 Å². The summed E-state index contributed by atoms with van der Waals surface area (Å²) in [7, 11) is -1.89. The molecule has 0 aliphatic carbocycles. The van der Waals surface area contributed by atoms with Crippen LogP contribution in [-0.2, 0) is 21.1 Å². The fourth-order valence-corrected chi connectivity index (χ4v) is 6.34. The van der Waals surface area contributed by atoms with Gasteiger partial charge in [-0.05, 0) is 36.2 Å². The maximum Gasteiger partial charge on any atom is 0.289 e. The fraction of sp³-hybridized carbons (Fsp3) is 0.250. The number of nitrogens with zero attached hydrogens (tertiary/aromatic N) is 5. The van der Waals surface area contributed by atoms with Gasteiger partial charge in [-0.2, -0.15) is 0 Å². The number of carbonyl (C=O) groups is 2. The largest absolute Gasteiger partial charge is 0.345 e. The van der Waals surface area contributed by atoms with Crippen molar-refractivity contribution in [3.8, 4) is 0 Å². The lowest BCUT2D eigenvalue weighted by Crippen LogP contribution is -2.43. The normalized spacial score (nSPS) is 18.4. The summed E-state index contributed by atoms with van der Waals surface area (Å²) in [6, 6.07) is 17.8. The lowest BCUT2D eigenvalue weighted by Gasteiger charge is -2.26. The topological polar surface area (TPSA) is 141 Å². The first-order chi connectivity index (χ1) is 19.2. The number of benzene rings is 2. The van der Waals surface area contributed by atoms with Crippen molar-refractivity contribution in [1.29, 1.82) is 0 Å². The summed E-state index contributed by atoms with van der Waals surface area (Å²) in [5.74, 6) is -0.392. The number of nitrogens with one attached hydrogen (secondary N) is 2. The van der Waals surface area contributed by atoms with Gasteiger partial charge in [0.05, 0.1) is 5.92 Å². The Balaban J connectivity index is 1.34. The molecule has 0 saturated heterocycles. The first-order valence-electron chi connectivity index (χ1n) is 12.8. The number of carbonyl (C=O) groups excluding carboxylic acids is 2. The van der Waals surface area contributed by atoms with Crippen LogP contribution < -0.4 is 15.1 Å². The van der Waals surface area contributed by atoms with Crippen LogP contribution in [0, 0.1) is 0 Å². The molecule has 2 aliphatic rings. The number of likely N-dealkylation sites (N-methyl/N-ethyl adjacent to an activating group) is 1. The third-order valence-corrected chi connectivity index (χ3v) is 8.49. The molecule has 40 heavy (non-hydrogen) atoms. The number of sulfone groups is 1. The van der Waals surface area contributed by atoms with E-state index in [0.29, 0.717) is 36.6 Å². The zero-order valence-corrected chi connectivity index (χ0v) is 22.7. The second-order valence-electron chi connectivity index (χ2n) is 9.99. The van der Waals surface area contributed by atoms with E-state index in [4.69, 9.17) is 0 Å². The van der Waals surface area contributed by atoms with Crippen molar-refractivity contribution in [2.45, 2.75) is 29.7 Å². The van der Waals surface area contributed by atoms with E-state index >= 15 is 0 Å². The van der Waals surface area contributed by atoms with Gasteiger partial charge in [-0.1, -0.05) is 36.4 Å². The molecule has 4 heterocycles. The zero-order chi connectivity index (χ0) is 28.0. The van der Waals surface area contributed by atoms with Crippen LogP contribution in [0.5, 0.6) is 0 Å². The third kappa shape index (κ3) is 4.49. The Labute approximate surface area is 231 Å². The van der Waals surface area contributed by atoms with E-state index in [2.05, 4.69) is 25.5 Å². The molecular formula is C28H27N7O4S. The molecule has 11 nitrogen and oxygen atoms in total. The zero-order valence-electron chi connectivity index (χ0n) is 21.9. The summed E-state index contributed by atoms with van der Waals surface area (Å²) >= 11 is 0. The van der Waals surface area contributed by atoms with E-state index in [1.165, 1.54) is 6.07 Å².